The molecule has 3 aromatic heterocycles. The van der Waals surface area contributed by atoms with Crippen molar-refractivity contribution in [2.45, 2.75) is 32.7 Å². The van der Waals surface area contributed by atoms with Gasteiger partial charge in [0.25, 0.3) is 0 Å². The van der Waals surface area contributed by atoms with Crippen molar-refractivity contribution in [1.82, 2.24) is 24.9 Å². The van der Waals surface area contributed by atoms with Crippen LogP contribution in [0.3, 0.4) is 0 Å². The van der Waals surface area contributed by atoms with Crippen LogP contribution in [0.5, 0.6) is 5.75 Å². The van der Waals surface area contributed by atoms with Crippen molar-refractivity contribution in [2.75, 3.05) is 13.7 Å². The van der Waals surface area contributed by atoms with E-state index < -0.39 is 0 Å². The Kier molecular flexibility index (Phi) is 3.68. The van der Waals surface area contributed by atoms with Gasteiger partial charge in [-0.25, -0.2) is 9.50 Å². The van der Waals surface area contributed by atoms with E-state index in [1.165, 1.54) is 27.6 Å². The minimum Gasteiger partial charge on any atom is -0.493 e. The lowest BCUT2D eigenvalue weighted by molar-refractivity contribution is 0.416. The maximum Gasteiger partial charge on any atom is 0.197 e. The quantitative estimate of drug-likeness (QED) is 0.584. The highest BCUT2D eigenvalue weighted by Gasteiger charge is 2.20. The van der Waals surface area contributed by atoms with Gasteiger partial charge in [0.2, 0.25) is 0 Å². The van der Waals surface area contributed by atoms with Crippen LogP contribution in [0.15, 0.2) is 30.7 Å². The Bertz CT molecular complexity index is 1150. The lowest BCUT2D eigenvalue weighted by Crippen LogP contribution is -2.23. The SMILES string of the molecule is COc1cc(-c2[nH]c3cc4c(cc3c2C(C)C)CNCC4)cn2ncnc12. The van der Waals surface area contributed by atoms with E-state index in [0.717, 1.165) is 42.2 Å². The van der Waals surface area contributed by atoms with Crippen LogP contribution in [0.25, 0.3) is 27.8 Å². The summed E-state index contributed by atoms with van der Waals surface area (Å²) >= 11 is 0. The number of hydrogen-bond donors (Lipinski definition) is 2. The van der Waals surface area contributed by atoms with Gasteiger partial charge in [0.1, 0.15) is 6.33 Å². The average Bonchev–Trinajstić information content (AvgIpc) is 3.29. The van der Waals surface area contributed by atoms with Gasteiger partial charge in [-0.2, -0.15) is 5.10 Å². The van der Waals surface area contributed by atoms with Crippen molar-refractivity contribution >= 4 is 16.6 Å². The Labute approximate surface area is 157 Å². The molecule has 0 spiro atoms. The number of hydrogen-bond acceptors (Lipinski definition) is 4. The van der Waals surface area contributed by atoms with Crippen LogP contribution in [0, 0.1) is 0 Å². The zero-order valence-electron chi connectivity index (χ0n) is 15.8. The normalized spacial score (nSPS) is 14.2. The van der Waals surface area contributed by atoms with Gasteiger partial charge in [-0.15, -0.1) is 0 Å². The van der Waals surface area contributed by atoms with Crippen molar-refractivity contribution in [1.29, 1.82) is 0 Å². The van der Waals surface area contributed by atoms with Crippen molar-refractivity contribution in [3.8, 4) is 17.0 Å². The second-order valence-corrected chi connectivity index (χ2v) is 7.49. The Morgan fingerprint density at radius 2 is 2.07 bits per heavy atom. The summed E-state index contributed by atoms with van der Waals surface area (Å²) in [6, 6.07) is 6.73. The summed E-state index contributed by atoms with van der Waals surface area (Å²) in [5, 5.41) is 9.09. The molecule has 6 nitrogen and oxygen atoms in total. The maximum absolute atomic E-state index is 5.56. The van der Waals surface area contributed by atoms with Gasteiger partial charge in [-0.05, 0) is 53.8 Å². The zero-order valence-corrected chi connectivity index (χ0v) is 15.8. The predicted octanol–water partition coefficient (Wildman–Crippen LogP) is 3.66. The summed E-state index contributed by atoms with van der Waals surface area (Å²) in [7, 11) is 1.67. The molecule has 0 saturated heterocycles. The topological polar surface area (TPSA) is 67.2 Å². The fourth-order valence-electron chi connectivity index (χ4n) is 4.21. The molecule has 0 saturated carbocycles. The molecule has 0 fully saturated rings. The third-order valence-electron chi connectivity index (χ3n) is 5.47. The largest absolute Gasteiger partial charge is 0.493 e. The molecule has 4 heterocycles. The number of H-pyrrole nitrogens is 1. The fraction of sp³-hybridized carbons (Fsp3) is 0.333. The summed E-state index contributed by atoms with van der Waals surface area (Å²) < 4.78 is 7.33. The lowest BCUT2D eigenvalue weighted by atomic mass is 9.93. The first-order valence-corrected chi connectivity index (χ1v) is 9.41. The third-order valence-corrected chi connectivity index (χ3v) is 5.47. The fourth-order valence-corrected chi connectivity index (χ4v) is 4.21. The van der Waals surface area contributed by atoms with E-state index in [2.05, 4.69) is 46.4 Å². The molecule has 0 unspecified atom stereocenters. The van der Waals surface area contributed by atoms with Crippen molar-refractivity contribution in [3.63, 3.8) is 0 Å². The molecule has 5 rings (SSSR count). The molecule has 0 aliphatic carbocycles. The first kappa shape index (κ1) is 16.3. The molecule has 0 amide bonds. The van der Waals surface area contributed by atoms with E-state index in [1.807, 2.05) is 12.3 Å². The van der Waals surface area contributed by atoms with E-state index in [-0.39, 0.29) is 0 Å². The van der Waals surface area contributed by atoms with Crippen LogP contribution in [-0.2, 0) is 13.0 Å². The Balaban J connectivity index is 1.78. The van der Waals surface area contributed by atoms with E-state index in [0.29, 0.717) is 5.92 Å². The number of benzene rings is 1. The average molecular weight is 361 g/mol. The second-order valence-electron chi connectivity index (χ2n) is 7.49. The Morgan fingerprint density at radius 3 is 2.89 bits per heavy atom. The number of fused-ring (bicyclic) bond motifs is 3. The Hall–Kier alpha value is -2.86. The van der Waals surface area contributed by atoms with Crippen LogP contribution in [-0.4, -0.2) is 33.2 Å². The highest BCUT2D eigenvalue weighted by Crippen LogP contribution is 2.38. The van der Waals surface area contributed by atoms with Gasteiger partial charge in [0.15, 0.2) is 11.4 Å². The molecule has 138 valence electrons. The highest BCUT2D eigenvalue weighted by atomic mass is 16.5. The van der Waals surface area contributed by atoms with Crippen LogP contribution in [0.4, 0.5) is 0 Å². The molecule has 1 aromatic carbocycles. The minimum atomic E-state index is 0.390. The van der Waals surface area contributed by atoms with Crippen LogP contribution in [0.1, 0.15) is 36.5 Å². The molecule has 0 bridgehead atoms. The number of methoxy groups -OCH3 is 1. The molecule has 1 aliphatic rings. The van der Waals surface area contributed by atoms with Crippen molar-refractivity contribution in [2.24, 2.45) is 0 Å². The lowest BCUT2D eigenvalue weighted by Gasteiger charge is -2.17. The zero-order chi connectivity index (χ0) is 18.5. The van der Waals surface area contributed by atoms with Gasteiger partial charge in [0.05, 0.1) is 12.8 Å². The van der Waals surface area contributed by atoms with Crippen LogP contribution in [0.2, 0.25) is 0 Å². The van der Waals surface area contributed by atoms with Gasteiger partial charge < -0.3 is 15.0 Å². The maximum atomic E-state index is 5.56. The number of nitrogens with zero attached hydrogens (tertiary/aromatic N) is 3. The number of aromatic nitrogens is 4. The monoisotopic (exact) mass is 361 g/mol. The molecule has 6 heteroatoms. The first-order chi connectivity index (χ1) is 13.2. The van der Waals surface area contributed by atoms with E-state index in [1.54, 1.807) is 18.0 Å². The summed E-state index contributed by atoms with van der Waals surface area (Å²) in [4.78, 5) is 7.97. The van der Waals surface area contributed by atoms with Gasteiger partial charge in [0, 0.05) is 29.2 Å². The minimum absolute atomic E-state index is 0.390. The Morgan fingerprint density at radius 1 is 1.19 bits per heavy atom. The summed E-state index contributed by atoms with van der Waals surface area (Å²) in [6.45, 7) is 6.48. The predicted molar refractivity (Wildman–Crippen MR) is 106 cm³/mol. The highest BCUT2D eigenvalue weighted by molar-refractivity contribution is 5.92. The summed E-state index contributed by atoms with van der Waals surface area (Å²) in [5.74, 6) is 1.11. The summed E-state index contributed by atoms with van der Waals surface area (Å²) in [6.07, 6.45) is 4.65. The second kappa shape index (κ2) is 6.09. The number of aromatic amines is 1. The molecular formula is C21H23N5O. The van der Waals surface area contributed by atoms with E-state index >= 15 is 0 Å². The first-order valence-electron chi connectivity index (χ1n) is 9.41. The summed E-state index contributed by atoms with van der Waals surface area (Å²) in [5.41, 5.74) is 8.29. The van der Waals surface area contributed by atoms with Crippen LogP contribution < -0.4 is 10.1 Å². The van der Waals surface area contributed by atoms with Gasteiger partial charge in [-0.3, -0.25) is 0 Å². The molecule has 0 radical (unpaired) electrons. The standard InChI is InChI=1S/C21H23N5O/c1-12(2)19-16-6-14-9-22-5-4-13(14)7-17(16)25-20(19)15-8-18(27-3)21-23-11-24-26(21)10-15/h6-8,10-12,22,25H,4-5,9H2,1-3H3. The third kappa shape index (κ3) is 2.51. The number of rotatable bonds is 3. The molecular weight excluding hydrogens is 338 g/mol. The number of ether oxygens (including phenoxy) is 1. The van der Waals surface area contributed by atoms with Crippen molar-refractivity contribution < 1.29 is 4.74 Å². The van der Waals surface area contributed by atoms with Crippen LogP contribution >= 0.6 is 0 Å². The van der Waals surface area contributed by atoms with Crippen molar-refractivity contribution in [3.05, 3.63) is 47.4 Å². The van der Waals surface area contributed by atoms with E-state index in [4.69, 9.17) is 4.74 Å². The molecule has 2 N–H and O–H groups in total. The number of nitrogens with one attached hydrogen (secondary N) is 2. The smallest absolute Gasteiger partial charge is 0.197 e. The molecule has 27 heavy (non-hydrogen) atoms. The van der Waals surface area contributed by atoms with E-state index in [9.17, 15) is 0 Å². The van der Waals surface area contributed by atoms with Gasteiger partial charge in [-0.1, -0.05) is 13.8 Å². The number of pyridine rings is 1. The van der Waals surface area contributed by atoms with Gasteiger partial charge >= 0.3 is 0 Å². The molecule has 0 atom stereocenters. The molecule has 1 aliphatic heterocycles. The molecule has 4 aromatic rings.